The van der Waals surface area contributed by atoms with E-state index in [0.717, 1.165) is 19.0 Å². The van der Waals surface area contributed by atoms with Crippen LogP contribution in [0.3, 0.4) is 0 Å². The molecule has 104 valence electrons. The van der Waals surface area contributed by atoms with E-state index in [4.69, 9.17) is 0 Å². The summed E-state index contributed by atoms with van der Waals surface area (Å²) in [5, 5.41) is 14.1. The van der Waals surface area contributed by atoms with E-state index in [9.17, 15) is 14.9 Å². The number of rotatable bonds is 3. The summed E-state index contributed by atoms with van der Waals surface area (Å²) in [6, 6.07) is -0.427. The average molecular weight is 266 g/mol. The number of nitro groups is 1. The van der Waals surface area contributed by atoms with Crippen molar-refractivity contribution in [1.82, 2.24) is 15.1 Å². The monoisotopic (exact) mass is 266 g/mol. The Kier molecular flexibility index (Phi) is 2.93. The average Bonchev–Trinajstić information content (AvgIpc) is 3.14. The zero-order chi connectivity index (χ0) is 13.6. The highest BCUT2D eigenvalue weighted by Crippen LogP contribution is 2.31. The molecule has 3 rings (SSSR count). The highest BCUT2D eigenvalue weighted by Gasteiger charge is 2.45. The molecule has 2 aliphatic heterocycles. The van der Waals surface area contributed by atoms with Gasteiger partial charge in [0, 0.05) is 19.6 Å². The summed E-state index contributed by atoms with van der Waals surface area (Å²) in [6.45, 7) is 4.87. The van der Waals surface area contributed by atoms with Gasteiger partial charge in [-0.05, 0) is 25.7 Å². The molecule has 0 radical (unpaired) electrons. The fraction of sp³-hybridized carbons (Fsp3) is 0.750. The highest BCUT2D eigenvalue weighted by molar-refractivity contribution is 6.00. The van der Waals surface area contributed by atoms with Crippen molar-refractivity contribution in [3.05, 3.63) is 21.6 Å². The molecule has 0 aromatic heterocycles. The minimum atomic E-state index is -0.558. The molecule has 1 atom stereocenters. The van der Waals surface area contributed by atoms with Crippen molar-refractivity contribution in [2.75, 3.05) is 26.3 Å². The molecule has 0 bridgehead atoms. The Balaban J connectivity index is 1.79. The van der Waals surface area contributed by atoms with Gasteiger partial charge in [0.2, 0.25) is 0 Å². The largest absolute Gasteiger partial charge is 0.353 e. The zero-order valence-electron chi connectivity index (χ0n) is 11.0. The lowest BCUT2D eigenvalue weighted by Crippen LogP contribution is -2.36. The van der Waals surface area contributed by atoms with Crippen LogP contribution in [0.4, 0.5) is 0 Å². The van der Waals surface area contributed by atoms with Crippen molar-refractivity contribution in [3.63, 3.8) is 0 Å². The van der Waals surface area contributed by atoms with Crippen molar-refractivity contribution in [1.29, 1.82) is 0 Å². The van der Waals surface area contributed by atoms with Gasteiger partial charge in [-0.1, -0.05) is 0 Å². The van der Waals surface area contributed by atoms with Crippen LogP contribution >= 0.6 is 0 Å². The summed E-state index contributed by atoms with van der Waals surface area (Å²) in [4.78, 5) is 26.5. The molecule has 19 heavy (non-hydrogen) atoms. The SMILES string of the molecule is CC1C(=O)C([N+](=O)[O-])=C2NCN(CC3CC3)CCN21. The normalized spacial score (nSPS) is 28.2. The van der Waals surface area contributed by atoms with Crippen molar-refractivity contribution in [2.24, 2.45) is 5.92 Å². The number of ketones is 1. The molecule has 1 saturated heterocycles. The third-order valence-electron chi connectivity index (χ3n) is 4.11. The summed E-state index contributed by atoms with van der Waals surface area (Å²) >= 11 is 0. The number of Topliss-reactive ketones (excluding diaryl/α,β-unsaturated/α-hetero) is 1. The van der Waals surface area contributed by atoms with E-state index in [1.165, 1.54) is 12.8 Å². The van der Waals surface area contributed by atoms with E-state index in [1.807, 2.05) is 4.90 Å². The lowest BCUT2D eigenvalue weighted by atomic mass is 10.2. The molecule has 0 spiro atoms. The van der Waals surface area contributed by atoms with Crippen LogP contribution in [-0.4, -0.2) is 52.9 Å². The second-order valence-electron chi connectivity index (χ2n) is 5.54. The maximum atomic E-state index is 11.9. The third kappa shape index (κ3) is 2.18. The van der Waals surface area contributed by atoms with Gasteiger partial charge in [-0.3, -0.25) is 19.8 Å². The van der Waals surface area contributed by atoms with Crippen LogP contribution in [0.15, 0.2) is 11.5 Å². The minimum absolute atomic E-state index is 0.277. The van der Waals surface area contributed by atoms with Gasteiger partial charge in [0.1, 0.15) is 0 Å². The Morgan fingerprint density at radius 1 is 1.42 bits per heavy atom. The van der Waals surface area contributed by atoms with Gasteiger partial charge >= 0.3 is 5.70 Å². The number of nitrogens with zero attached hydrogens (tertiary/aromatic N) is 3. The van der Waals surface area contributed by atoms with Gasteiger partial charge in [-0.15, -0.1) is 0 Å². The van der Waals surface area contributed by atoms with Crippen LogP contribution in [0.1, 0.15) is 19.8 Å². The first-order valence-corrected chi connectivity index (χ1v) is 6.73. The van der Waals surface area contributed by atoms with E-state index in [-0.39, 0.29) is 11.5 Å². The molecule has 7 nitrogen and oxygen atoms in total. The second-order valence-corrected chi connectivity index (χ2v) is 5.54. The first-order valence-electron chi connectivity index (χ1n) is 6.73. The topological polar surface area (TPSA) is 78.7 Å². The molecule has 1 unspecified atom stereocenters. The molecule has 2 fully saturated rings. The van der Waals surface area contributed by atoms with Crippen LogP contribution in [0.2, 0.25) is 0 Å². The molecular weight excluding hydrogens is 248 g/mol. The number of fused-ring (bicyclic) bond motifs is 1. The van der Waals surface area contributed by atoms with Crippen molar-refractivity contribution in [2.45, 2.75) is 25.8 Å². The Bertz CT molecular complexity index is 458. The van der Waals surface area contributed by atoms with Crippen LogP contribution in [0.5, 0.6) is 0 Å². The van der Waals surface area contributed by atoms with E-state index < -0.39 is 11.0 Å². The van der Waals surface area contributed by atoms with Crippen LogP contribution in [0.25, 0.3) is 0 Å². The van der Waals surface area contributed by atoms with Crippen LogP contribution in [-0.2, 0) is 4.79 Å². The van der Waals surface area contributed by atoms with Gasteiger partial charge in [0.15, 0.2) is 5.82 Å². The highest BCUT2D eigenvalue weighted by atomic mass is 16.6. The van der Waals surface area contributed by atoms with Gasteiger partial charge in [0.25, 0.3) is 5.78 Å². The molecule has 1 aliphatic carbocycles. The Hall–Kier alpha value is -1.63. The predicted octanol–water partition coefficient (Wildman–Crippen LogP) is -0.0219. The van der Waals surface area contributed by atoms with Gasteiger partial charge in [-0.25, -0.2) is 0 Å². The summed E-state index contributed by atoms with van der Waals surface area (Å²) in [5.74, 6) is 0.807. The fourth-order valence-electron chi connectivity index (χ4n) is 2.79. The molecule has 7 heteroatoms. The molecule has 1 saturated carbocycles. The van der Waals surface area contributed by atoms with Crippen LogP contribution in [0, 0.1) is 16.0 Å². The maximum Gasteiger partial charge on any atom is 0.353 e. The van der Waals surface area contributed by atoms with E-state index in [0.29, 0.717) is 19.0 Å². The summed E-state index contributed by atoms with van der Waals surface area (Å²) in [7, 11) is 0. The summed E-state index contributed by atoms with van der Waals surface area (Å²) < 4.78 is 0. The number of hydrogen-bond acceptors (Lipinski definition) is 6. The zero-order valence-corrected chi connectivity index (χ0v) is 11.0. The van der Waals surface area contributed by atoms with Crippen molar-refractivity contribution in [3.8, 4) is 0 Å². The molecular formula is C12H18N4O3. The van der Waals surface area contributed by atoms with Crippen molar-refractivity contribution < 1.29 is 9.72 Å². The fourth-order valence-corrected chi connectivity index (χ4v) is 2.79. The van der Waals surface area contributed by atoms with E-state index in [1.54, 1.807) is 6.92 Å². The molecule has 0 aromatic rings. The lowest BCUT2D eigenvalue weighted by molar-refractivity contribution is -0.419. The number of carbonyl (C=O) groups excluding carboxylic acids is 1. The second kappa shape index (κ2) is 4.48. The molecule has 0 aromatic carbocycles. The third-order valence-corrected chi connectivity index (χ3v) is 4.11. The standard InChI is InChI=1S/C12H18N4O3/c1-8-11(17)10(16(18)19)12-13-7-14(4-5-15(8)12)6-9-2-3-9/h8-9,13H,2-7H2,1H3. The summed E-state index contributed by atoms with van der Waals surface area (Å²) in [5.41, 5.74) is -0.277. The molecule has 2 heterocycles. The first-order chi connectivity index (χ1) is 9.08. The minimum Gasteiger partial charge on any atom is -0.353 e. The Morgan fingerprint density at radius 3 is 2.79 bits per heavy atom. The lowest BCUT2D eigenvalue weighted by Gasteiger charge is -2.22. The van der Waals surface area contributed by atoms with Crippen LogP contribution < -0.4 is 5.32 Å². The van der Waals surface area contributed by atoms with Crippen molar-refractivity contribution >= 4 is 5.78 Å². The predicted molar refractivity (Wildman–Crippen MR) is 67.5 cm³/mol. The number of carbonyl (C=O) groups is 1. The van der Waals surface area contributed by atoms with Gasteiger partial charge in [-0.2, -0.15) is 0 Å². The quantitative estimate of drug-likeness (QED) is 0.571. The van der Waals surface area contributed by atoms with Gasteiger partial charge in [0.05, 0.1) is 17.6 Å². The molecule has 3 aliphatic rings. The molecule has 0 amide bonds. The number of hydrogen-bond donors (Lipinski definition) is 1. The van der Waals surface area contributed by atoms with Gasteiger partial charge < -0.3 is 10.2 Å². The summed E-state index contributed by atoms with van der Waals surface area (Å²) in [6.07, 6.45) is 2.58. The van der Waals surface area contributed by atoms with E-state index in [2.05, 4.69) is 10.2 Å². The Morgan fingerprint density at radius 2 is 2.16 bits per heavy atom. The first kappa shape index (κ1) is 12.4. The van der Waals surface area contributed by atoms with E-state index >= 15 is 0 Å². The molecule has 1 N–H and O–H groups in total. The smallest absolute Gasteiger partial charge is 0.353 e. The number of nitrogens with one attached hydrogen (secondary N) is 1. The Labute approximate surface area is 111 Å². The maximum absolute atomic E-state index is 11.9.